The fraction of sp³-hybridized carbons (Fsp3) is 0.500. The van der Waals surface area contributed by atoms with Crippen molar-refractivity contribution in [3.63, 3.8) is 0 Å². The van der Waals surface area contributed by atoms with Crippen molar-refractivity contribution in [1.82, 2.24) is 5.06 Å². The number of aryl methyl sites for hydroxylation is 1. The molecule has 0 heterocycles. The Kier molecular flexibility index (Phi) is 5.82. The minimum absolute atomic E-state index is 0.192. The number of para-hydroxylation sites is 1. The molecule has 0 radical (unpaired) electrons. The zero-order valence-electron chi connectivity index (χ0n) is 11.3. The standard InChI is InChI=1S/C14H22N2O2/c1-4-5-10-16(18)12(3)14(17)15-13-9-7-6-8-11(13)2/h6-9,12,18H,4-5,10H2,1-3H3,(H,15,17). The first-order chi connectivity index (χ1) is 8.56. The van der Waals surface area contributed by atoms with Crippen molar-refractivity contribution in [2.24, 2.45) is 0 Å². The Bertz CT molecular complexity index is 393. The van der Waals surface area contributed by atoms with Gasteiger partial charge in [-0.25, -0.2) is 0 Å². The number of unbranched alkanes of at least 4 members (excludes halogenated alkanes) is 1. The lowest BCUT2D eigenvalue weighted by Gasteiger charge is -2.22. The van der Waals surface area contributed by atoms with Gasteiger partial charge in [0.05, 0.1) is 0 Å². The van der Waals surface area contributed by atoms with Crippen LogP contribution in [-0.2, 0) is 4.79 Å². The van der Waals surface area contributed by atoms with Crippen LogP contribution in [0.3, 0.4) is 0 Å². The van der Waals surface area contributed by atoms with Crippen molar-refractivity contribution >= 4 is 11.6 Å². The van der Waals surface area contributed by atoms with Crippen LogP contribution in [-0.4, -0.2) is 28.8 Å². The van der Waals surface area contributed by atoms with Crippen LogP contribution in [0.15, 0.2) is 24.3 Å². The SMILES string of the molecule is CCCCN(O)C(C)C(=O)Nc1ccccc1C. The summed E-state index contributed by atoms with van der Waals surface area (Å²) in [6.45, 7) is 6.20. The van der Waals surface area contributed by atoms with Gasteiger partial charge in [0, 0.05) is 12.2 Å². The summed E-state index contributed by atoms with van der Waals surface area (Å²) >= 11 is 0. The van der Waals surface area contributed by atoms with Crippen LogP contribution in [0, 0.1) is 6.92 Å². The number of nitrogens with one attached hydrogen (secondary N) is 1. The summed E-state index contributed by atoms with van der Waals surface area (Å²) in [6, 6.07) is 7.05. The Balaban J connectivity index is 2.57. The highest BCUT2D eigenvalue weighted by atomic mass is 16.5. The van der Waals surface area contributed by atoms with Gasteiger partial charge >= 0.3 is 0 Å². The topological polar surface area (TPSA) is 52.6 Å². The third kappa shape index (κ3) is 4.13. The molecule has 1 aromatic carbocycles. The van der Waals surface area contributed by atoms with E-state index in [-0.39, 0.29) is 5.91 Å². The Labute approximate surface area is 109 Å². The molecule has 0 aromatic heterocycles. The van der Waals surface area contributed by atoms with Crippen molar-refractivity contribution in [3.8, 4) is 0 Å². The maximum atomic E-state index is 12.0. The summed E-state index contributed by atoms with van der Waals surface area (Å²) in [5.41, 5.74) is 1.80. The number of benzene rings is 1. The predicted octanol–water partition coefficient (Wildman–Crippen LogP) is 2.81. The highest BCUT2D eigenvalue weighted by molar-refractivity contribution is 5.95. The van der Waals surface area contributed by atoms with Gasteiger partial charge < -0.3 is 10.5 Å². The molecule has 0 saturated carbocycles. The Morgan fingerprint density at radius 2 is 2.11 bits per heavy atom. The second-order valence-corrected chi connectivity index (χ2v) is 4.50. The van der Waals surface area contributed by atoms with Crippen molar-refractivity contribution in [3.05, 3.63) is 29.8 Å². The summed E-state index contributed by atoms with van der Waals surface area (Å²) in [6.07, 6.45) is 1.86. The molecule has 1 unspecified atom stereocenters. The summed E-state index contributed by atoms with van der Waals surface area (Å²) in [4.78, 5) is 12.0. The Morgan fingerprint density at radius 1 is 1.44 bits per heavy atom. The number of nitrogens with zero attached hydrogens (tertiary/aromatic N) is 1. The number of carbonyl (C=O) groups is 1. The van der Waals surface area contributed by atoms with E-state index >= 15 is 0 Å². The van der Waals surface area contributed by atoms with Crippen LogP contribution in [0.2, 0.25) is 0 Å². The molecule has 100 valence electrons. The summed E-state index contributed by atoms with van der Waals surface area (Å²) in [5.74, 6) is -0.192. The first-order valence-electron chi connectivity index (χ1n) is 6.38. The van der Waals surface area contributed by atoms with E-state index in [1.165, 1.54) is 0 Å². The number of carbonyl (C=O) groups excluding carboxylic acids is 1. The monoisotopic (exact) mass is 250 g/mol. The molecule has 1 atom stereocenters. The van der Waals surface area contributed by atoms with Gasteiger partial charge in [0.2, 0.25) is 5.91 Å². The summed E-state index contributed by atoms with van der Waals surface area (Å²) in [5, 5.41) is 13.7. The lowest BCUT2D eigenvalue weighted by atomic mass is 10.2. The van der Waals surface area contributed by atoms with Crippen LogP contribution in [0.4, 0.5) is 5.69 Å². The molecule has 0 aliphatic heterocycles. The highest BCUT2D eigenvalue weighted by Gasteiger charge is 2.19. The lowest BCUT2D eigenvalue weighted by molar-refractivity contribution is -0.148. The average molecular weight is 250 g/mol. The number of anilines is 1. The molecule has 2 N–H and O–H groups in total. The molecule has 1 aromatic rings. The average Bonchev–Trinajstić information content (AvgIpc) is 2.37. The molecular weight excluding hydrogens is 228 g/mol. The smallest absolute Gasteiger partial charge is 0.243 e. The third-order valence-corrected chi connectivity index (χ3v) is 2.97. The first-order valence-corrected chi connectivity index (χ1v) is 6.38. The summed E-state index contributed by atoms with van der Waals surface area (Å²) in [7, 11) is 0. The molecule has 4 heteroatoms. The van der Waals surface area contributed by atoms with E-state index < -0.39 is 6.04 Å². The van der Waals surface area contributed by atoms with Gasteiger partial charge in [-0.3, -0.25) is 4.79 Å². The minimum Gasteiger partial charge on any atom is -0.324 e. The van der Waals surface area contributed by atoms with Crippen LogP contribution in [0.1, 0.15) is 32.3 Å². The molecule has 4 nitrogen and oxygen atoms in total. The van der Waals surface area contributed by atoms with E-state index in [1.54, 1.807) is 6.92 Å². The summed E-state index contributed by atoms with van der Waals surface area (Å²) < 4.78 is 0. The van der Waals surface area contributed by atoms with E-state index in [4.69, 9.17) is 0 Å². The molecular formula is C14H22N2O2. The fourth-order valence-corrected chi connectivity index (χ4v) is 1.60. The molecule has 0 fully saturated rings. The number of hydrogen-bond acceptors (Lipinski definition) is 3. The Morgan fingerprint density at radius 3 is 2.72 bits per heavy atom. The van der Waals surface area contributed by atoms with E-state index in [1.807, 2.05) is 38.1 Å². The van der Waals surface area contributed by atoms with Crippen LogP contribution >= 0.6 is 0 Å². The molecule has 0 spiro atoms. The van der Waals surface area contributed by atoms with E-state index in [0.29, 0.717) is 6.54 Å². The first kappa shape index (κ1) is 14.7. The predicted molar refractivity (Wildman–Crippen MR) is 72.7 cm³/mol. The minimum atomic E-state index is -0.545. The van der Waals surface area contributed by atoms with Gasteiger partial charge in [-0.15, -0.1) is 0 Å². The van der Waals surface area contributed by atoms with Gasteiger partial charge in [0.25, 0.3) is 0 Å². The molecule has 18 heavy (non-hydrogen) atoms. The van der Waals surface area contributed by atoms with Gasteiger partial charge in [-0.1, -0.05) is 31.5 Å². The second-order valence-electron chi connectivity index (χ2n) is 4.50. The Hall–Kier alpha value is -1.39. The molecule has 0 saturated heterocycles. The van der Waals surface area contributed by atoms with Crippen molar-refractivity contribution < 1.29 is 10.0 Å². The highest BCUT2D eigenvalue weighted by Crippen LogP contribution is 2.14. The van der Waals surface area contributed by atoms with Gasteiger partial charge in [-0.2, -0.15) is 5.06 Å². The van der Waals surface area contributed by atoms with Crippen LogP contribution in [0.5, 0.6) is 0 Å². The molecule has 0 aliphatic carbocycles. The largest absolute Gasteiger partial charge is 0.324 e. The zero-order valence-corrected chi connectivity index (χ0v) is 11.3. The van der Waals surface area contributed by atoms with Crippen molar-refractivity contribution in [2.75, 3.05) is 11.9 Å². The van der Waals surface area contributed by atoms with Gasteiger partial charge in [0.15, 0.2) is 0 Å². The van der Waals surface area contributed by atoms with Crippen LogP contribution in [0.25, 0.3) is 0 Å². The number of hydrogen-bond donors (Lipinski definition) is 2. The third-order valence-electron chi connectivity index (χ3n) is 2.97. The normalized spacial score (nSPS) is 12.5. The van der Waals surface area contributed by atoms with E-state index in [0.717, 1.165) is 29.2 Å². The van der Waals surface area contributed by atoms with Crippen molar-refractivity contribution in [2.45, 2.75) is 39.7 Å². The quantitative estimate of drug-likeness (QED) is 0.763. The maximum absolute atomic E-state index is 12.0. The molecule has 0 bridgehead atoms. The fourth-order valence-electron chi connectivity index (χ4n) is 1.60. The molecule has 1 rings (SSSR count). The molecule has 0 aliphatic rings. The van der Waals surface area contributed by atoms with Gasteiger partial charge in [0.1, 0.15) is 6.04 Å². The second kappa shape index (κ2) is 7.13. The van der Waals surface area contributed by atoms with Crippen LogP contribution < -0.4 is 5.32 Å². The van der Waals surface area contributed by atoms with E-state index in [9.17, 15) is 10.0 Å². The van der Waals surface area contributed by atoms with Gasteiger partial charge in [-0.05, 0) is 31.9 Å². The number of amides is 1. The number of hydroxylamine groups is 2. The lowest BCUT2D eigenvalue weighted by Crippen LogP contribution is -2.40. The maximum Gasteiger partial charge on any atom is 0.243 e. The van der Waals surface area contributed by atoms with Crippen molar-refractivity contribution in [1.29, 1.82) is 0 Å². The zero-order chi connectivity index (χ0) is 13.5. The molecule has 1 amide bonds. The number of rotatable bonds is 6. The van der Waals surface area contributed by atoms with E-state index in [2.05, 4.69) is 5.32 Å².